The summed E-state index contributed by atoms with van der Waals surface area (Å²) in [6.07, 6.45) is 0. The van der Waals surface area contributed by atoms with Gasteiger partial charge in [-0.3, -0.25) is 0 Å². The van der Waals surface area contributed by atoms with E-state index >= 15 is 0 Å². The quantitative estimate of drug-likeness (QED) is 0.479. The van der Waals surface area contributed by atoms with Gasteiger partial charge in [0.2, 0.25) is 0 Å². The first-order chi connectivity index (χ1) is 0. The molecule has 0 unspecified atom stereocenters. The van der Waals surface area contributed by atoms with Crippen LogP contribution in [0.4, 0.5) is 0 Å². The van der Waals surface area contributed by atoms with Crippen LogP contribution in [0.3, 0.4) is 0 Å². The van der Waals surface area contributed by atoms with Crippen molar-refractivity contribution in [3.8, 4) is 0 Å². The van der Waals surface area contributed by atoms with Crippen molar-refractivity contribution in [3.05, 3.63) is 0 Å². The Labute approximate surface area is 99.0 Å². The van der Waals surface area contributed by atoms with Crippen LogP contribution < -0.4 is 0 Å². The summed E-state index contributed by atoms with van der Waals surface area (Å²) in [5.41, 5.74) is 0. The first kappa shape index (κ1) is 27.5. The molecule has 0 radical (unpaired) electrons. The molecule has 0 aromatic rings. The van der Waals surface area contributed by atoms with Crippen LogP contribution in [0.2, 0.25) is 0 Å². The molecule has 0 saturated carbocycles. The largest absolute Gasteiger partial charge is 2.00 e. The third kappa shape index (κ3) is 8.92. The van der Waals surface area contributed by atoms with Gasteiger partial charge in [0.15, 0.2) is 0 Å². The number of hydrogen-bond acceptors (Lipinski definition) is 0. The van der Waals surface area contributed by atoms with Crippen LogP contribution in [0.25, 0.3) is 0 Å². The van der Waals surface area contributed by atoms with Gasteiger partial charge in [0.05, 0.1) is 0 Å². The van der Waals surface area contributed by atoms with Gasteiger partial charge >= 0.3 is 65.3 Å². The van der Waals surface area contributed by atoms with Crippen molar-refractivity contribution in [2.24, 2.45) is 0 Å². The minimum absolute atomic E-state index is 0. The zero-order valence-corrected chi connectivity index (χ0v) is 9.36. The Morgan fingerprint density at radius 3 is 1.25 bits per heavy atom. The fourth-order valence-electron chi connectivity index (χ4n) is 0. The monoisotopic (exact) mass is 260 g/mol. The van der Waals surface area contributed by atoms with Crippen LogP contribution in [0.15, 0.2) is 0 Å². The SMILES string of the molecule is S.[GaH3].[H-].[H-].[Sr+2].[Zn]. The predicted octanol–water partition coefficient (Wildman–Crippen LogP) is -1.23. The zero-order chi connectivity index (χ0) is 0. The van der Waals surface area contributed by atoms with E-state index in [0.29, 0.717) is 0 Å². The second kappa shape index (κ2) is 16.5. The van der Waals surface area contributed by atoms with Crippen molar-refractivity contribution in [1.29, 1.82) is 0 Å². The first-order valence-electron chi connectivity index (χ1n) is 0. The maximum Gasteiger partial charge on any atom is 2.00 e. The smallest absolute Gasteiger partial charge is 1.00 e. The van der Waals surface area contributed by atoms with E-state index in [-0.39, 0.29) is 101 Å². The summed E-state index contributed by atoms with van der Waals surface area (Å²) >= 11 is 0. The Balaban J connectivity index is 0. The van der Waals surface area contributed by atoms with Crippen LogP contribution >= 0.6 is 13.5 Å². The van der Waals surface area contributed by atoms with E-state index in [0.717, 1.165) is 0 Å². The maximum atomic E-state index is 0. The molecule has 0 aromatic carbocycles. The minimum atomic E-state index is 0. The average molecular weight is 262 g/mol. The molecule has 0 aliphatic carbocycles. The van der Waals surface area contributed by atoms with Crippen molar-refractivity contribution in [2.45, 2.75) is 0 Å². The molecule has 0 aliphatic rings. The fourth-order valence-corrected chi connectivity index (χ4v) is 0. The molecule has 20 valence electrons. The molecule has 0 amide bonds. The molecule has 0 aliphatic heterocycles. The van der Waals surface area contributed by atoms with Crippen LogP contribution in [-0.4, -0.2) is 65.3 Å². The molecule has 0 atom stereocenters. The molecule has 0 bridgehead atoms. The average Bonchev–Trinajstić information content (AvgIpc) is 0. The van der Waals surface area contributed by atoms with E-state index < -0.39 is 0 Å². The molecule has 4 heavy (non-hydrogen) atoms. The summed E-state index contributed by atoms with van der Waals surface area (Å²) < 4.78 is 0. The Hall–Kier alpha value is 3.09. The van der Waals surface area contributed by atoms with Crippen LogP contribution in [-0.2, 0) is 19.5 Å². The molecule has 0 heterocycles. The van der Waals surface area contributed by atoms with Crippen LogP contribution in [0.5, 0.6) is 0 Å². The van der Waals surface area contributed by atoms with Gasteiger partial charge in [0, 0.05) is 19.5 Å². The molecule has 0 rings (SSSR count). The molecule has 0 aromatic heterocycles. The van der Waals surface area contributed by atoms with E-state index in [1.807, 2.05) is 0 Å². The van der Waals surface area contributed by atoms with Gasteiger partial charge in [0.1, 0.15) is 0 Å². The Kier molecular flexibility index (Phi) is 114. The summed E-state index contributed by atoms with van der Waals surface area (Å²) in [5, 5.41) is 0. The Bertz CT molecular complexity index is 13.5. The molecule has 4 heteroatoms. The van der Waals surface area contributed by atoms with Crippen molar-refractivity contribution < 1.29 is 22.3 Å². The topological polar surface area (TPSA) is 0 Å². The summed E-state index contributed by atoms with van der Waals surface area (Å²) in [6, 6.07) is 0. The Morgan fingerprint density at radius 2 is 1.25 bits per heavy atom. The van der Waals surface area contributed by atoms with E-state index in [2.05, 4.69) is 0 Å². The zero-order valence-electron chi connectivity index (χ0n) is 3.91. The molecular formula is H7GaSSrZn. The van der Waals surface area contributed by atoms with E-state index in [4.69, 9.17) is 0 Å². The fraction of sp³-hybridized carbons (Fsp3) is 0. The maximum absolute atomic E-state index is 0. The first-order valence-corrected chi connectivity index (χ1v) is 0. The minimum Gasteiger partial charge on any atom is -1.00 e. The van der Waals surface area contributed by atoms with Gasteiger partial charge < -0.3 is 2.85 Å². The Morgan fingerprint density at radius 1 is 1.25 bits per heavy atom. The molecule has 0 fully saturated rings. The van der Waals surface area contributed by atoms with Crippen molar-refractivity contribution in [2.75, 3.05) is 0 Å². The van der Waals surface area contributed by atoms with Crippen molar-refractivity contribution in [3.63, 3.8) is 0 Å². The van der Waals surface area contributed by atoms with E-state index in [9.17, 15) is 0 Å². The standard InChI is InChI=1S/Ga.H2S.Sr.Zn.5H/h;1H2;;;;;;;/q;;+2;;;;;2*-1. The van der Waals surface area contributed by atoms with Gasteiger partial charge in [-0.1, -0.05) is 0 Å². The van der Waals surface area contributed by atoms with Crippen LogP contribution in [0.1, 0.15) is 2.85 Å². The third-order valence-electron chi connectivity index (χ3n) is 0. The van der Waals surface area contributed by atoms with Crippen LogP contribution in [0, 0.1) is 0 Å². The van der Waals surface area contributed by atoms with Gasteiger partial charge in [-0.15, -0.1) is 0 Å². The van der Waals surface area contributed by atoms with E-state index in [1.165, 1.54) is 0 Å². The summed E-state index contributed by atoms with van der Waals surface area (Å²) in [5.74, 6) is 0. The van der Waals surface area contributed by atoms with Gasteiger partial charge in [-0.25, -0.2) is 0 Å². The second-order valence-corrected chi connectivity index (χ2v) is 0. The van der Waals surface area contributed by atoms with Crippen molar-refractivity contribution >= 4 is 78.8 Å². The van der Waals surface area contributed by atoms with E-state index in [1.54, 1.807) is 0 Å². The molecule has 0 N–H and O–H groups in total. The molecule has 0 spiro atoms. The number of rotatable bonds is 0. The van der Waals surface area contributed by atoms with Gasteiger partial charge in [0.25, 0.3) is 0 Å². The van der Waals surface area contributed by atoms with Crippen molar-refractivity contribution in [1.82, 2.24) is 0 Å². The van der Waals surface area contributed by atoms with Gasteiger partial charge in [-0.2, -0.15) is 13.5 Å². The third-order valence-corrected chi connectivity index (χ3v) is 0. The molecular weight excluding hydrogens is 255 g/mol. The summed E-state index contributed by atoms with van der Waals surface area (Å²) in [7, 11) is 0. The summed E-state index contributed by atoms with van der Waals surface area (Å²) in [6.45, 7) is 0. The second-order valence-electron chi connectivity index (χ2n) is 0. The number of hydrogen-bond donors (Lipinski definition) is 0. The predicted molar refractivity (Wildman–Crippen MR) is 28.3 cm³/mol. The molecule has 0 nitrogen and oxygen atoms in total. The van der Waals surface area contributed by atoms with Gasteiger partial charge in [-0.05, 0) is 0 Å². The molecule has 0 saturated heterocycles. The summed E-state index contributed by atoms with van der Waals surface area (Å²) in [4.78, 5) is 0. The normalized spacial score (nSPS) is 0.